The molecule has 3 nitrogen and oxygen atoms in total. The van der Waals surface area contributed by atoms with E-state index in [1.807, 2.05) is 6.92 Å². The molecule has 5 heteroatoms. The van der Waals surface area contributed by atoms with Crippen LogP contribution in [-0.4, -0.2) is 10.7 Å². The number of benzene rings is 1. The highest BCUT2D eigenvalue weighted by Crippen LogP contribution is 2.22. The van der Waals surface area contributed by atoms with E-state index in [4.69, 9.17) is 17.3 Å². The molecule has 0 unspecified atom stereocenters. The minimum absolute atomic E-state index is 0.312. The number of rotatable bonds is 3. The van der Waals surface area contributed by atoms with Crippen LogP contribution in [-0.2, 0) is 0 Å². The van der Waals surface area contributed by atoms with Gasteiger partial charge in [-0.1, -0.05) is 18.2 Å². The summed E-state index contributed by atoms with van der Waals surface area (Å²) >= 11 is 5.78. The first-order chi connectivity index (χ1) is 9.47. The van der Waals surface area contributed by atoms with Crippen LogP contribution >= 0.6 is 11.6 Å². The molecule has 0 aliphatic carbocycles. The van der Waals surface area contributed by atoms with Crippen LogP contribution in [0, 0.1) is 5.82 Å². The number of nitrogens with two attached hydrogens (primary N) is 1. The maximum absolute atomic E-state index is 12.9. The van der Waals surface area contributed by atoms with Crippen molar-refractivity contribution >= 4 is 28.7 Å². The normalized spacial score (nSPS) is 11.4. The summed E-state index contributed by atoms with van der Waals surface area (Å²) in [6, 6.07) is 7.41. The van der Waals surface area contributed by atoms with Gasteiger partial charge in [-0.25, -0.2) is 14.4 Å². The standard InChI is InChI=1S/C15H13ClFN3/c1-9(2)15(12-8-19-14(16)7-13(12)18)20-11-5-3-10(17)4-6-11/h3-8H,1H2,2H3,(H2,18,19). The smallest absolute Gasteiger partial charge is 0.131 e. The van der Waals surface area contributed by atoms with Crippen molar-refractivity contribution in [3.05, 3.63) is 65.2 Å². The summed E-state index contributed by atoms with van der Waals surface area (Å²) in [5.74, 6) is -0.312. The Balaban J connectivity index is 2.51. The molecule has 1 heterocycles. The number of allylic oxidation sites excluding steroid dienone is 1. The van der Waals surface area contributed by atoms with Crippen LogP contribution in [0.4, 0.5) is 15.8 Å². The van der Waals surface area contributed by atoms with Crippen LogP contribution in [0.1, 0.15) is 12.5 Å². The van der Waals surface area contributed by atoms with Gasteiger partial charge in [-0.3, -0.25) is 0 Å². The summed E-state index contributed by atoms with van der Waals surface area (Å²) in [5, 5.41) is 0.314. The van der Waals surface area contributed by atoms with Crippen molar-refractivity contribution in [2.24, 2.45) is 4.99 Å². The molecule has 1 aromatic heterocycles. The Morgan fingerprint density at radius 2 is 2.00 bits per heavy atom. The number of aliphatic imine (C=N–C) groups is 1. The van der Waals surface area contributed by atoms with E-state index < -0.39 is 0 Å². The van der Waals surface area contributed by atoms with E-state index in [1.165, 1.54) is 12.1 Å². The quantitative estimate of drug-likeness (QED) is 0.681. The highest BCUT2D eigenvalue weighted by Gasteiger charge is 2.10. The zero-order valence-electron chi connectivity index (χ0n) is 10.9. The van der Waals surface area contributed by atoms with Gasteiger partial charge in [0.2, 0.25) is 0 Å². The van der Waals surface area contributed by atoms with Crippen molar-refractivity contribution in [3.63, 3.8) is 0 Å². The van der Waals surface area contributed by atoms with Gasteiger partial charge in [-0.2, -0.15) is 0 Å². The first kappa shape index (κ1) is 14.2. The molecule has 0 saturated heterocycles. The van der Waals surface area contributed by atoms with Gasteiger partial charge in [-0.15, -0.1) is 0 Å². The lowest BCUT2D eigenvalue weighted by Gasteiger charge is -2.09. The topological polar surface area (TPSA) is 51.3 Å². The number of nitrogens with zero attached hydrogens (tertiary/aromatic N) is 2. The van der Waals surface area contributed by atoms with Crippen LogP contribution in [0.5, 0.6) is 0 Å². The fraction of sp³-hybridized carbons (Fsp3) is 0.0667. The predicted molar refractivity (Wildman–Crippen MR) is 81.1 cm³/mol. The third kappa shape index (κ3) is 3.22. The molecular weight excluding hydrogens is 277 g/mol. The zero-order valence-corrected chi connectivity index (χ0v) is 11.7. The van der Waals surface area contributed by atoms with E-state index in [-0.39, 0.29) is 5.82 Å². The maximum Gasteiger partial charge on any atom is 0.131 e. The Labute approximate surface area is 121 Å². The second kappa shape index (κ2) is 5.84. The SMILES string of the molecule is C=C(C)C(=Nc1ccc(F)cc1)c1cnc(Cl)cc1N. The Morgan fingerprint density at radius 1 is 1.35 bits per heavy atom. The minimum atomic E-state index is -0.312. The molecule has 0 fully saturated rings. The summed E-state index contributed by atoms with van der Waals surface area (Å²) in [5.41, 5.74) is 8.98. The fourth-order valence-corrected chi connectivity index (χ4v) is 1.84. The Kier molecular flexibility index (Phi) is 4.15. The van der Waals surface area contributed by atoms with Crippen molar-refractivity contribution in [1.82, 2.24) is 4.98 Å². The Morgan fingerprint density at radius 3 is 2.55 bits per heavy atom. The lowest BCUT2D eigenvalue weighted by Crippen LogP contribution is -2.06. The van der Waals surface area contributed by atoms with Crippen molar-refractivity contribution in [2.75, 3.05) is 5.73 Å². The second-order valence-electron chi connectivity index (χ2n) is 4.31. The lowest BCUT2D eigenvalue weighted by molar-refractivity contribution is 0.628. The Bertz CT molecular complexity index is 678. The van der Waals surface area contributed by atoms with Gasteiger partial charge >= 0.3 is 0 Å². The van der Waals surface area contributed by atoms with E-state index in [1.54, 1.807) is 24.4 Å². The van der Waals surface area contributed by atoms with E-state index >= 15 is 0 Å². The molecule has 2 rings (SSSR count). The lowest BCUT2D eigenvalue weighted by atomic mass is 10.1. The molecular formula is C15H13ClFN3. The van der Waals surface area contributed by atoms with Crippen LogP contribution in [0.3, 0.4) is 0 Å². The first-order valence-corrected chi connectivity index (χ1v) is 6.26. The summed E-state index contributed by atoms with van der Waals surface area (Å²) in [4.78, 5) is 8.45. The van der Waals surface area contributed by atoms with Gasteiger partial charge in [0.1, 0.15) is 11.0 Å². The van der Waals surface area contributed by atoms with Gasteiger partial charge in [0, 0.05) is 17.4 Å². The van der Waals surface area contributed by atoms with Gasteiger partial charge in [0.25, 0.3) is 0 Å². The number of hydrogen-bond acceptors (Lipinski definition) is 3. The van der Waals surface area contributed by atoms with E-state index in [0.29, 0.717) is 27.8 Å². The van der Waals surface area contributed by atoms with E-state index in [9.17, 15) is 4.39 Å². The van der Waals surface area contributed by atoms with Crippen molar-refractivity contribution < 1.29 is 4.39 Å². The number of halogens is 2. The highest BCUT2D eigenvalue weighted by atomic mass is 35.5. The van der Waals surface area contributed by atoms with Crippen LogP contribution in [0.2, 0.25) is 5.15 Å². The molecule has 0 atom stereocenters. The number of aromatic nitrogens is 1. The fourth-order valence-electron chi connectivity index (χ4n) is 1.67. The molecule has 0 aliphatic rings. The molecule has 2 N–H and O–H groups in total. The van der Waals surface area contributed by atoms with Gasteiger partial charge < -0.3 is 5.73 Å². The van der Waals surface area contributed by atoms with Crippen molar-refractivity contribution in [2.45, 2.75) is 6.92 Å². The number of pyridine rings is 1. The first-order valence-electron chi connectivity index (χ1n) is 5.89. The summed E-state index contributed by atoms with van der Waals surface area (Å²) in [7, 11) is 0. The van der Waals surface area contributed by atoms with Crippen LogP contribution in [0.25, 0.3) is 0 Å². The van der Waals surface area contributed by atoms with Crippen molar-refractivity contribution in [3.8, 4) is 0 Å². The number of hydrogen-bond donors (Lipinski definition) is 1. The molecule has 1 aromatic carbocycles. The van der Waals surface area contributed by atoms with Gasteiger partial charge in [-0.05, 0) is 42.8 Å². The van der Waals surface area contributed by atoms with Crippen LogP contribution in [0.15, 0.2) is 53.7 Å². The molecule has 0 radical (unpaired) electrons. The molecule has 0 aliphatic heterocycles. The third-order valence-electron chi connectivity index (χ3n) is 2.63. The predicted octanol–water partition coefficient (Wildman–Crippen LogP) is 4.15. The molecule has 0 bridgehead atoms. The van der Waals surface area contributed by atoms with E-state index in [0.717, 1.165) is 5.57 Å². The van der Waals surface area contributed by atoms with Gasteiger partial charge in [0.15, 0.2) is 0 Å². The zero-order chi connectivity index (χ0) is 14.7. The number of anilines is 1. The molecule has 102 valence electrons. The van der Waals surface area contributed by atoms with Crippen LogP contribution < -0.4 is 5.73 Å². The second-order valence-corrected chi connectivity index (χ2v) is 4.70. The number of nitrogen functional groups attached to an aromatic ring is 1. The van der Waals surface area contributed by atoms with Gasteiger partial charge in [0.05, 0.1) is 11.4 Å². The highest BCUT2D eigenvalue weighted by molar-refractivity contribution is 6.30. The maximum atomic E-state index is 12.9. The average Bonchev–Trinajstić information content (AvgIpc) is 2.39. The average molecular weight is 290 g/mol. The third-order valence-corrected chi connectivity index (χ3v) is 2.84. The summed E-state index contributed by atoms with van der Waals surface area (Å²) in [6.07, 6.45) is 1.55. The summed E-state index contributed by atoms with van der Waals surface area (Å²) in [6.45, 7) is 5.70. The summed E-state index contributed by atoms with van der Waals surface area (Å²) < 4.78 is 12.9. The molecule has 20 heavy (non-hydrogen) atoms. The minimum Gasteiger partial charge on any atom is -0.398 e. The molecule has 0 amide bonds. The molecule has 0 saturated carbocycles. The van der Waals surface area contributed by atoms with Crippen molar-refractivity contribution in [1.29, 1.82) is 0 Å². The van der Waals surface area contributed by atoms with E-state index in [2.05, 4.69) is 16.6 Å². The largest absolute Gasteiger partial charge is 0.398 e. The monoisotopic (exact) mass is 289 g/mol. The molecule has 2 aromatic rings. The molecule has 0 spiro atoms. The Hall–Kier alpha value is -2.20.